The number of likely N-dealkylation sites (N-methyl/N-ethyl adjacent to an activating group) is 1. The summed E-state index contributed by atoms with van der Waals surface area (Å²) in [5.41, 5.74) is 2.53. The van der Waals surface area contributed by atoms with Gasteiger partial charge in [-0.05, 0) is 63.2 Å². The van der Waals surface area contributed by atoms with Crippen LogP contribution >= 0.6 is 0 Å². The Morgan fingerprint density at radius 3 is 2.47 bits per heavy atom. The fourth-order valence-electron chi connectivity index (χ4n) is 3.98. The van der Waals surface area contributed by atoms with Crippen LogP contribution in [-0.4, -0.2) is 55.3 Å². The highest BCUT2D eigenvalue weighted by molar-refractivity contribution is 5.95. The maximum atomic E-state index is 13.6. The van der Waals surface area contributed by atoms with E-state index in [1.54, 1.807) is 6.07 Å². The molecule has 5 nitrogen and oxygen atoms in total. The van der Waals surface area contributed by atoms with Crippen molar-refractivity contribution < 1.29 is 14.0 Å². The maximum Gasteiger partial charge on any atom is 0.254 e. The highest BCUT2D eigenvalue weighted by Crippen LogP contribution is 2.22. The molecule has 160 valence electrons. The van der Waals surface area contributed by atoms with E-state index < -0.39 is 0 Å². The Labute approximate surface area is 177 Å². The number of carbonyl (C=O) groups excluding carboxylic acids is 2. The van der Waals surface area contributed by atoms with E-state index in [0.29, 0.717) is 32.5 Å². The predicted octanol–water partition coefficient (Wildman–Crippen LogP) is 3.41. The molecule has 2 aromatic rings. The van der Waals surface area contributed by atoms with Crippen molar-refractivity contribution in [1.82, 2.24) is 15.1 Å². The molecule has 1 saturated heterocycles. The van der Waals surface area contributed by atoms with E-state index in [-0.39, 0.29) is 29.6 Å². The van der Waals surface area contributed by atoms with Crippen LogP contribution in [0.3, 0.4) is 0 Å². The van der Waals surface area contributed by atoms with Gasteiger partial charge in [0.2, 0.25) is 5.91 Å². The number of hydrogen-bond acceptors (Lipinski definition) is 3. The first kappa shape index (κ1) is 22.0. The Morgan fingerprint density at radius 2 is 1.83 bits per heavy atom. The summed E-state index contributed by atoms with van der Waals surface area (Å²) in [6, 6.07) is 14.0. The van der Waals surface area contributed by atoms with E-state index in [1.165, 1.54) is 12.1 Å². The second-order valence-corrected chi connectivity index (χ2v) is 8.16. The smallest absolute Gasteiger partial charge is 0.254 e. The Bertz CT molecular complexity index is 892. The van der Waals surface area contributed by atoms with Crippen LogP contribution in [0.25, 0.3) is 0 Å². The van der Waals surface area contributed by atoms with Crippen molar-refractivity contribution in [2.24, 2.45) is 5.92 Å². The molecule has 1 heterocycles. The van der Waals surface area contributed by atoms with E-state index in [0.717, 1.165) is 16.7 Å². The summed E-state index contributed by atoms with van der Waals surface area (Å²) >= 11 is 0. The molecule has 1 N–H and O–H groups in total. The van der Waals surface area contributed by atoms with Crippen LogP contribution in [0.2, 0.25) is 0 Å². The van der Waals surface area contributed by atoms with Gasteiger partial charge in [0.25, 0.3) is 5.91 Å². The monoisotopic (exact) mass is 411 g/mol. The molecule has 0 unspecified atom stereocenters. The average molecular weight is 412 g/mol. The number of nitrogens with zero attached hydrogens (tertiary/aromatic N) is 2. The van der Waals surface area contributed by atoms with Gasteiger partial charge in [-0.3, -0.25) is 9.59 Å². The van der Waals surface area contributed by atoms with Gasteiger partial charge in [-0.2, -0.15) is 0 Å². The van der Waals surface area contributed by atoms with Gasteiger partial charge in [0.1, 0.15) is 5.82 Å². The minimum Gasteiger partial charge on any atom is -0.354 e. The first-order valence-electron chi connectivity index (χ1n) is 10.4. The van der Waals surface area contributed by atoms with Crippen molar-refractivity contribution >= 4 is 11.8 Å². The SMILES string of the molecule is Cc1ccccc1C(=O)N1CCC(C(=O)NC[C@@H](c2cccc(F)c2)N(C)C)CC1. The lowest BCUT2D eigenvalue weighted by Gasteiger charge is -2.32. The minimum atomic E-state index is -0.281. The molecule has 1 fully saturated rings. The second-order valence-electron chi connectivity index (χ2n) is 8.16. The van der Waals surface area contributed by atoms with Gasteiger partial charge in [0, 0.05) is 31.1 Å². The molecule has 0 aliphatic carbocycles. The van der Waals surface area contributed by atoms with Crippen LogP contribution in [0.5, 0.6) is 0 Å². The molecule has 1 aliphatic rings. The zero-order chi connectivity index (χ0) is 21.7. The number of benzene rings is 2. The van der Waals surface area contributed by atoms with Crippen molar-refractivity contribution in [3.8, 4) is 0 Å². The number of amides is 2. The van der Waals surface area contributed by atoms with Gasteiger partial charge in [0.15, 0.2) is 0 Å². The quantitative estimate of drug-likeness (QED) is 0.793. The molecule has 0 aromatic heterocycles. The first-order valence-corrected chi connectivity index (χ1v) is 10.4. The third-order valence-electron chi connectivity index (χ3n) is 5.85. The fraction of sp³-hybridized carbons (Fsp3) is 0.417. The van der Waals surface area contributed by atoms with Gasteiger partial charge in [-0.1, -0.05) is 30.3 Å². The summed E-state index contributed by atoms with van der Waals surface area (Å²) < 4.78 is 13.6. The molecule has 0 radical (unpaired) electrons. The summed E-state index contributed by atoms with van der Waals surface area (Å²) in [7, 11) is 3.83. The number of halogens is 1. The maximum absolute atomic E-state index is 13.6. The number of aryl methyl sites for hydroxylation is 1. The standard InChI is InChI=1S/C24H30FN3O2/c1-17-7-4-5-10-21(17)24(30)28-13-11-18(12-14-28)23(29)26-16-22(27(2)3)19-8-6-9-20(25)15-19/h4-10,15,18,22H,11-14,16H2,1-3H3,(H,26,29)/t22-/m0/s1. The van der Waals surface area contributed by atoms with Crippen molar-refractivity contribution in [2.75, 3.05) is 33.7 Å². The number of likely N-dealkylation sites (tertiary alicyclic amines) is 1. The third-order valence-corrected chi connectivity index (χ3v) is 5.85. The third kappa shape index (κ3) is 5.25. The molecule has 1 aliphatic heterocycles. The summed E-state index contributed by atoms with van der Waals surface area (Å²) in [5.74, 6) is -0.357. The Kier molecular flexibility index (Phi) is 7.21. The van der Waals surface area contributed by atoms with Crippen molar-refractivity contribution in [2.45, 2.75) is 25.8 Å². The zero-order valence-corrected chi connectivity index (χ0v) is 17.9. The van der Waals surface area contributed by atoms with Crippen molar-refractivity contribution in [3.63, 3.8) is 0 Å². The highest BCUT2D eigenvalue weighted by atomic mass is 19.1. The molecule has 0 saturated carbocycles. The number of hydrogen-bond donors (Lipinski definition) is 1. The molecular weight excluding hydrogens is 381 g/mol. The number of piperidine rings is 1. The Morgan fingerprint density at radius 1 is 1.13 bits per heavy atom. The van der Waals surface area contributed by atoms with Crippen molar-refractivity contribution in [3.05, 3.63) is 71.0 Å². The second kappa shape index (κ2) is 9.85. The molecule has 0 spiro atoms. The van der Waals surface area contributed by atoms with Gasteiger partial charge in [0.05, 0.1) is 6.04 Å². The minimum absolute atomic E-state index is 0.00115. The van der Waals surface area contributed by atoms with Crippen LogP contribution < -0.4 is 5.32 Å². The lowest BCUT2D eigenvalue weighted by molar-refractivity contribution is -0.126. The average Bonchev–Trinajstić information content (AvgIpc) is 2.73. The van der Waals surface area contributed by atoms with Crippen molar-refractivity contribution in [1.29, 1.82) is 0 Å². The molecule has 0 bridgehead atoms. The summed E-state index contributed by atoms with van der Waals surface area (Å²) in [5, 5.41) is 3.03. The van der Waals surface area contributed by atoms with Gasteiger partial charge < -0.3 is 15.1 Å². The molecular formula is C24H30FN3O2. The fourth-order valence-corrected chi connectivity index (χ4v) is 3.98. The molecule has 2 aromatic carbocycles. The van der Waals surface area contributed by atoms with Gasteiger partial charge in [-0.25, -0.2) is 4.39 Å². The first-order chi connectivity index (χ1) is 14.4. The van der Waals surface area contributed by atoms with E-state index in [4.69, 9.17) is 0 Å². The number of carbonyl (C=O) groups is 2. The molecule has 1 atom stereocenters. The van der Waals surface area contributed by atoms with E-state index in [1.807, 2.05) is 61.2 Å². The number of rotatable bonds is 6. The Balaban J connectivity index is 1.53. The zero-order valence-electron chi connectivity index (χ0n) is 17.9. The van der Waals surface area contributed by atoms with Crippen LogP contribution in [0, 0.1) is 18.7 Å². The van der Waals surface area contributed by atoms with Crippen LogP contribution in [0.15, 0.2) is 48.5 Å². The topological polar surface area (TPSA) is 52.7 Å². The van der Waals surface area contributed by atoms with Crippen LogP contribution in [0.4, 0.5) is 4.39 Å². The van der Waals surface area contributed by atoms with Crippen LogP contribution in [-0.2, 0) is 4.79 Å². The molecule has 2 amide bonds. The van der Waals surface area contributed by atoms with Gasteiger partial charge >= 0.3 is 0 Å². The number of nitrogens with one attached hydrogen (secondary N) is 1. The Hall–Kier alpha value is -2.73. The lowest BCUT2D eigenvalue weighted by Crippen LogP contribution is -2.44. The highest BCUT2D eigenvalue weighted by Gasteiger charge is 2.28. The predicted molar refractivity (Wildman–Crippen MR) is 116 cm³/mol. The molecule has 30 heavy (non-hydrogen) atoms. The van der Waals surface area contributed by atoms with E-state index in [2.05, 4.69) is 5.32 Å². The molecule has 6 heteroatoms. The summed E-state index contributed by atoms with van der Waals surface area (Å²) in [6.07, 6.45) is 1.30. The molecule has 3 rings (SSSR count). The van der Waals surface area contributed by atoms with Gasteiger partial charge in [-0.15, -0.1) is 0 Å². The van der Waals surface area contributed by atoms with Crippen LogP contribution in [0.1, 0.15) is 40.4 Å². The normalized spacial score (nSPS) is 15.8. The lowest BCUT2D eigenvalue weighted by atomic mass is 9.94. The van der Waals surface area contributed by atoms with E-state index >= 15 is 0 Å². The largest absolute Gasteiger partial charge is 0.354 e. The summed E-state index contributed by atoms with van der Waals surface area (Å²) in [4.78, 5) is 29.3. The summed E-state index contributed by atoms with van der Waals surface area (Å²) in [6.45, 7) is 3.50. The van der Waals surface area contributed by atoms with E-state index in [9.17, 15) is 14.0 Å².